The maximum Gasteiger partial charge on any atom is 0.466 e. The van der Waals surface area contributed by atoms with Crippen LogP contribution in [0.5, 0.6) is 0 Å². The lowest BCUT2D eigenvalue weighted by atomic mass is 9.66. The van der Waals surface area contributed by atoms with Crippen LogP contribution in [0.3, 0.4) is 0 Å². The van der Waals surface area contributed by atoms with E-state index in [4.69, 9.17) is 14.0 Å². The fourth-order valence-electron chi connectivity index (χ4n) is 2.77. The Morgan fingerprint density at radius 1 is 1.04 bits per heavy atom. The highest BCUT2D eigenvalue weighted by atomic mass is 16.7. The highest BCUT2D eigenvalue weighted by Gasteiger charge is 2.54. The third kappa shape index (κ3) is 4.99. The molecule has 0 amide bonds. The van der Waals surface area contributed by atoms with Crippen LogP contribution >= 0.6 is 0 Å². The van der Waals surface area contributed by atoms with E-state index >= 15 is 0 Å². The second-order valence-corrected chi connectivity index (χ2v) is 7.53. The minimum absolute atomic E-state index is 0.144. The smallest absolute Gasteiger partial charge is 0.466 e. The monoisotopic (exact) mass is 374 g/mol. The van der Waals surface area contributed by atoms with E-state index in [1.165, 1.54) is 20.3 Å². The maximum absolute atomic E-state index is 12.0. The van der Waals surface area contributed by atoms with E-state index in [0.29, 0.717) is 0 Å². The van der Waals surface area contributed by atoms with Crippen molar-refractivity contribution in [1.82, 2.24) is 0 Å². The zero-order chi connectivity index (χ0) is 20.2. The van der Waals surface area contributed by atoms with Crippen LogP contribution in [0.1, 0.15) is 51.1 Å². The first-order valence-electron chi connectivity index (χ1n) is 8.88. The topological polar surface area (TPSA) is 71.1 Å². The van der Waals surface area contributed by atoms with E-state index in [1.807, 2.05) is 52.0 Å². The molecule has 146 valence electrons. The van der Waals surface area contributed by atoms with Crippen LogP contribution in [-0.2, 0) is 28.4 Å². The zero-order valence-electron chi connectivity index (χ0n) is 16.8. The van der Waals surface area contributed by atoms with Crippen molar-refractivity contribution in [3.05, 3.63) is 41.5 Å². The molecule has 1 atom stereocenters. The van der Waals surface area contributed by atoms with Gasteiger partial charge in [-0.15, -0.1) is 0 Å². The number of rotatable bonds is 6. The molecule has 1 saturated heterocycles. The molecule has 0 bridgehead atoms. The molecule has 1 aromatic carbocycles. The van der Waals surface area contributed by atoms with Crippen molar-refractivity contribution in [1.29, 1.82) is 0 Å². The Bertz CT molecular complexity index is 692. The van der Waals surface area contributed by atoms with Crippen molar-refractivity contribution in [2.45, 2.75) is 51.1 Å². The molecule has 27 heavy (non-hydrogen) atoms. The highest BCUT2D eigenvalue weighted by molar-refractivity contribution is 6.48. The number of carbonyl (C=O) groups excluding carboxylic acids is 2. The summed E-state index contributed by atoms with van der Waals surface area (Å²) in [6.07, 6.45) is 3.17. The molecule has 0 saturated carbocycles. The average Bonchev–Trinajstić information content (AvgIpc) is 2.85. The number of hydrogen-bond acceptors (Lipinski definition) is 6. The quantitative estimate of drug-likeness (QED) is 0.433. The van der Waals surface area contributed by atoms with E-state index in [2.05, 4.69) is 4.74 Å². The molecular formula is C20H27BO6. The molecule has 7 heteroatoms. The number of hydrogen-bond donors (Lipinski definition) is 0. The van der Waals surface area contributed by atoms with Crippen LogP contribution in [0.25, 0.3) is 6.08 Å². The lowest BCUT2D eigenvalue weighted by Crippen LogP contribution is -2.41. The summed E-state index contributed by atoms with van der Waals surface area (Å²) in [5.74, 6) is -1.05. The Morgan fingerprint density at radius 3 is 2.07 bits per heavy atom. The Balaban J connectivity index is 2.26. The predicted octanol–water partition coefficient (Wildman–Crippen LogP) is 3.15. The van der Waals surface area contributed by atoms with Crippen LogP contribution < -0.4 is 0 Å². The SMILES string of the molecule is COC(=O)/C=C/c1ccc(C(CC(=O)OC)B2OC(C)(C)C(C)(C)O2)cc1. The molecule has 2 rings (SSSR count). The molecule has 0 N–H and O–H groups in total. The van der Waals surface area contributed by atoms with Gasteiger partial charge in [-0.3, -0.25) is 4.79 Å². The molecule has 0 aromatic heterocycles. The zero-order valence-corrected chi connectivity index (χ0v) is 16.8. The van der Waals surface area contributed by atoms with Crippen molar-refractivity contribution >= 4 is 25.1 Å². The first kappa shape index (κ1) is 21.2. The molecule has 1 aliphatic rings. The van der Waals surface area contributed by atoms with Gasteiger partial charge in [0.05, 0.1) is 31.8 Å². The second kappa shape index (κ2) is 8.27. The summed E-state index contributed by atoms with van der Waals surface area (Å²) in [6, 6.07) is 7.53. The third-order valence-corrected chi connectivity index (χ3v) is 5.19. The van der Waals surface area contributed by atoms with Gasteiger partial charge >= 0.3 is 19.1 Å². The summed E-state index contributed by atoms with van der Waals surface area (Å²) in [7, 11) is 2.13. The summed E-state index contributed by atoms with van der Waals surface area (Å²) in [4.78, 5) is 23.2. The number of ether oxygens (including phenoxy) is 2. The number of methoxy groups -OCH3 is 2. The fourth-order valence-corrected chi connectivity index (χ4v) is 2.77. The highest BCUT2D eigenvalue weighted by Crippen LogP contribution is 2.41. The van der Waals surface area contributed by atoms with Gasteiger partial charge in [0.15, 0.2) is 0 Å². The van der Waals surface area contributed by atoms with Crippen LogP contribution in [0, 0.1) is 0 Å². The van der Waals surface area contributed by atoms with Gasteiger partial charge in [-0.2, -0.15) is 0 Å². The molecule has 1 fully saturated rings. The maximum atomic E-state index is 12.0. The van der Waals surface area contributed by atoms with Crippen molar-refractivity contribution in [2.75, 3.05) is 14.2 Å². The summed E-state index contributed by atoms with van der Waals surface area (Å²) >= 11 is 0. The first-order chi connectivity index (χ1) is 12.6. The van der Waals surface area contributed by atoms with Crippen LogP contribution in [0.2, 0.25) is 0 Å². The van der Waals surface area contributed by atoms with E-state index < -0.39 is 24.3 Å². The second-order valence-electron chi connectivity index (χ2n) is 7.53. The molecule has 1 aliphatic heterocycles. The predicted molar refractivity (Wildman–Crippen MR) is 103 cm³/mol. The minimum atomic E-state index is -0.564. The van der Waals surface area contributed by atoms with Crippen LogP contribution in [0.4, 0.5) is 0 Å². The Kier molecular flexibility index (Phi) is 6.49. The molecule has 0 aliphatic carbocycles. The van der Waals surface area contributed by atoms with E-state index in [-0.39, 0.29) is 18.2 Å². The molecule has 0 radical (unpaired) electrons. The van der Waals surface area contributed by atoms with Gasteiger partial charge in [0.1, 0.15) is 0 Å². The van der Waals surface area contributed by atoms with Gasteiger partial charge in [-0.05, 0) is 44.9 Å². The average molecular weight is 374 g/mol. The molecular weight excluding hydrogens is 347 g/mol. The van der Waals surface area contributed by atoms with E-state index in [1.54, 1.807) is 6.08 Å². The number of esters is 2. The number of benzene rings is 1. The lowest BCUT2D eigenvalue weighted by Gasteiger charge is -2.32. The molecule has 1 aromatic rings. The molecule has 0 spiro atoms. The Labute approximate surface area is 161 Å². The number of carbonyl (C=O) groups is 2. The summed E-state index contributed by atoms with van der Waals surface area (Å²) in [6.45, 7) is 7.90. The fraction of sp³-hybridized carbons (Fsp3) is 0.500. The first-order valence-corrected chi connectivity index (χ1v) is 8.88. The van der Waals surface area contributed by atoms with Gasteiger partial charge < -0.3 is 18.8 Å². The van der Waals surface area contributed by atoms with Crippen molar-refractivity contribution < 1.29 is 28.4 Å². The standard InChI is InChI=1S/C20H27BO6/c1-19(2)20(3,4)27-21(26-19)16(13-18(23)25-6)15-10-7-14(8-11-15)9-12-17(22)24-5/h7-12,16H,13H2,1-6H3/b12-9+. The minimum Gasteiger partial charge on any atom is -0.469 e. The van der Waals surface area contributed by atoms with Crippen LogP contribution in [0.15, 0.2) is 30.3 Å². The normalized spacial score (nSPS) is 19.1. The molecule has 1 heterocycles. The van der Waals surface area contributed by atoms with Gasteiger partial charge in [-0.1, -0.05) is 24.3 Å². The van der Waals surface area contributed by atoms with Crippen molar-refractivity contribution in [2.24, 2.45) is 0 Å². The Morgan fingerprint density at radius 2 is 1.59 bits per heavy atom. The van der Waals surface area contributed by atoms with Gasteiger partial charge in [0.2, 0.25) is 0 Å². The van der Waals surface area contributed by atoms with Crippen molar-refractivity contribution in [3.8, 4) is 0 Å². The molecule has 1 unspecified atom stereocenters. The Hall–Kier alpha value is -2.12. The van der Waals surface area contributed by atoms with Gasteiger partial charge in [-0.25, -0.2) is 4.79 Å². The van der Waals surface area contributed by atoms with E-state index in [0.717, 1.165) is 11.1 Å². The lowest BCUT2D eigenvalue weighted by molar-refractivity contribution is -0.140. The summed E-state index contributed by atoms with van der Waals surface area (Å²) < 4.78 is 21.7. The van der Waals surface area contributed by atoms with Crippen LogP contribution in [-0.4, -0.2) is 44.5 Å². The summed E-state index contributed by atoms with van der Waals surface area (Å²) in [5, 5.41) is 0. The van der Waals surface area contributed by atoms with Crippen molar-refractivity contribution in [3.63, 3.8) is 0 Å². The summed E-state index contributed by atoms with van der Waals surface area (Å²) in [5.41, 5.74) is 0.758. The third-order valence-electron chi connectivity index (χ3n) is 5.19. The van der Waals surface area contributed by atoms with E-state index in [9.17, 15) is 9.59 Å². The molecule has 6 nitrogen and oxygen atoms in total. The van der Waals surface area contributed by atoms with Gasteiger partial charge in [0, 0.05) is 11.9 Å². The van der Waals surface area contributed by atoms with Gasteiger partial charge in [0.25, 0.3) is 0 Å². The largest absolute Gasteiger partial charge is 0.469 e.